The molecule has 1 aromatic carbocycles. The van der Waals surface area contributed by atoms with Crippen LogP contribution in [0.15, 0.2) is 47.5 Å². The molecule has 4 rings (SSSR count). The molecule has 2 aliphatic rings. The van der Waals surface area contributed by atoms with Crippen LogP contribution in [0.25, 0.3) is 0 Å². The molecule has 3 amide bonds. The fraction of sp³-hybridized carbons (Fsp3) is 0.333. The monoisotopic (exact) mass is 396 g/mol. The highest BCUT2D eigenvalue weighted by molar-refractivity contribution is 6.30. The molecule has 1 aliphatic heterocycles. The molecule has 7 heteroatoms. The van der Waals surface area contributed by atoms with Gasteiger partial charge < -0.3 is 5.32 Å². The van der Waals surface area contributed by atoms with E-state index in [0.717, 1.165) is 36.1 Å². The number of hydrogen-bond acceptors (Lipinski definition) is 4. The van der Waals surface area contributed by atoms with Gasteiger partial charge in [0.05, 0.1) is 11.4 Å². The number of pyridine rings is 1. The summed E-state index contributed by atoms with van der Waals surface area (Å²) in [6, 6.07) is 12.4. The first-order valence-corrected chi connectivity index (χ1v) is 9.91. The van der Waals surface area contributed by atoms with Crippen molar-refractivity contribution in [3.63, 3.8) is 0 Å². The average molecular weight is 397 g/mol. The van der Waals surface area contributed by atoms with Crippen molar-refractivity contribution < 1.29 is 9.59 Å². The van der Waals surface area contributed by atoms with E-state index in [-0.39, 0.29) is 23.6 Å². The second-order valence-corrected chi connectivity index (χ2v) is 7.43. The third-order valence-electron chi connectivity index (χ3n) is 5.11. The molecule has 0 saturated heterocycles. The zero-order chi connectivity index (χ0) is 19.5. The smallest absolute Gasteiger partial charge is 0.329 e. The van der Waals surface area contributed by atoms with Gasteiger partial charge in [0.2, 0.25) is 0 Å². The van der Waals surface area contributed by atoms with Gasteiger partial charge in [-0.25, -0.2) is 14.7 Å². The molecule has 6 nitrogen and oxygen atoms in total. The minimum Gasteiger partial charge on any atom is -0.335 e. The lowest BCUT2D eigenvalue weighted by atomic mass is 9.96. The molecule has 144 valence electrons. The summed E-state index contributed by atoms with van der Waals surface area (Å²) in [7, 11) is 0. The van der Waals surface area contributed by atoms with Crippen LogP contribution in [-0.2, 0) is 4.79 Å². The Morgan fingerprint density at radius 1 is 1.07 bits per heavy atom. The molecule has 1 aliphatic carbocycles. The first-order chi connectivity index (χ1) is 13.6. The molecule has 2 aromatic rings. The summed E-state index contributed by atoms with van der Waals surface area (Å²) >= 11 is 6.13. The molecular weight excluding hydrogens is 376 g/mol. The van der Waals surface area contributed by atoms with Crippen molar-refractivity contribution in [3.05, 3.63) is 58.9 Å². The summed E-state index contributed by atoms with van der Waals surface area (Å²) in [5, 5.41) is 3.29. The van der Waals surface area contributed by atoms with Gasteiger partial charge in [-0.05, 0) is 25.0 Å². The topological polar surface area (TPSA) is 74.7 Å². The van der Waals surface area contributed by atoms with E-state index in [1.165, 1.54) is 6.42 Å². The number of aliphatic imine (C=N–C) groups is 1. The third kappa shape index (κ3) is 3.78. The number of amides is 3. The maximum Gasteiger partial charge on any atom is 0.329 e. The van der Waals surface area contributed by atoms with E-state index in [1.54, 1.807) is 12.1 Å². The summed E-state index contributed by atoms with van der Waals surface area (Å²) in [5.74, 6) is -0.385. The van der Waals surface area contributed by atoms with E-state index in [0.29, 0.717) is 17.1 Å². The van der Waals surface area contributed by atoms with Crippen molar-refractivity contribution in [2.45, 2.75) is 38.1 Å². The van der Waals surface area contributed by atoms with Crippen LogP contribution in [0.3, 0.4) is 0 Å². The Labute approximate surface area is 168 Å². The van der Waals surface area contributed by atoms with Crippen LogP contribution in [-0.4, -0.2) is 35.2 Å². The maximum atomic E-state index is 13.0. The number of benzene rings is 1. The largest absolute Gasteiger partial charge is 0.335 e. The fourth-order valence-corrected chi connectivity index (χ4v) is 3.89. The molecule has 2 heterocycles. The summed E-state index contributed by atoms with van der Waals surface area (Å²) in [6.45, 7) is -0.129. The lowest BCUT2D eigenvalue weighted by Gasteiger charge is -2.27. The number of nitrogens with one attached hydrogen (secondary N) is 1. The summed E-state index contributed by atoms with van der Waals surface area (Å²) in [4.78, 5) is 35.8. The number of rotatable bonds is 2. The van der Waals surface area contributed by atoms with Gasteiger partial charge in [0.1, 0.15) is 17.4 Å². The van der Waals surface area contributed by atoms with Crippen LogP contribution in [0.2, 0.25) is 5.15 Å². The van der Waals surface area contributed by atoms with Crippen molar-refractivity contribution in [1.82, 2.24) is 10.3 Å². The minimum atomic E-state index is -0.424. The Balaban J connectivity index is 1.72. The number of hydrogen-bond donors (Lipinski definition) is 1. The molecule has 0 unspecified atom stereocenters. The SMILES string of the molecule is O=C1CN=C(c2ccccc2)c2nc(Cl)ccc2N1C(=O)NC1CCCCC1. The number of imide groups is 1. The first kappa shape index (κ1) is 18.6. The predicted molar refractivity (Wildman–Crippen MR) is 109 cm³/mol. The Morgan fingerprint density at radius 2 is 1.82 bits per heavy atom. The van der Waals surface area contributed by atoms with Crippen molar-refractivity contribution in [1.29, 1.82) is 0 Å². The summed E-state index contributed by atoms with van der Waals surface area (Å²) in [6.07, 6.45) is 5.24. The Bertz CT molecular complexity index is 923. The number of anilines is 1. The second kappa shape index (κ2) is 8.10. The van der Waals surface area contributed by atoms with Crippen LogP contribution in [0.1, 0.15) is 43.4 Å². The first-order valence-electron chi connectivity index (χ1n) is 9.54. The quantitative estimate of drug-likeness (QED) is 0.780. The molecule has 1 N–H and O–H groups in total. The molecule has 1 fully saturated rings. The van der Waals surface area contributed by atoms with Crippen LogP contribution in [0.5, 0.6) is 0 Å². The molecule has 0 bridgehead atoms. The maximum absolute atomic E-state index is 13.0. The third-order valence-corrected chi connectivity index (χ3v) is 5.32. The number of halogens is 1. The minimum absolute atomic E-state index is 0.0931. The van der Waals surface area contributed by atoms with Crippen molar-refractivity contribution in [3.8, 4) is 0 Å². The van der Waals surface area contributed by atoms with Crippen molar-refractivity contribution in [2.75, 3.05) is 11.4 Å². The van der Waals surface area contributed by atoms with E-state index < -0.39 is 6.03 Å². The van der Waals surface area contributed by atoms with Gasteiger partial charge in [-0.15, -0.1) is 0 Å². The van der Waals surface area contributed by atoms with Gasteiger partial charge in [-0.1, -0.05) is 61.2 Å². The summed E-state index contributed by atoms with van der Waals surface area (Å²) in [5.41, 5.74) is 2.21. The summed E-state index contributed by atoms with van der Waals surface area (Å²) < 4.78 is 0. The number of carbonyl (C=O) groups is 2. The number of nitrogens with zero attached hydrogens (tertiary/aromatic N) is 3. The van der Waals surface area contributed by atoms with Crippen LogP contribution in [0, 0.1) is 0 Å². The van der Waals surface area contributed by atoms with Gasteiger partial charge in [0.25, 0.3) is 5.91 Å². The zero-order valence-corrected chi connectivity index (χ0v) is 16.2. The fourth-order valence-electron chi connectivity index (χ4n) is 3.74. The Kier molecular flexibility index (Phi) is 5.39. The number of fused-ring (bicyclic) bond motifs is 1. The van der Waals surface area contributed by atoms with Gasteiger partial charge in [0.15, 0.2) is 0 Å². The number of carbonyl (C=O) groups excluding carboxylic acids is 2. The standard InChI is InChI=1S/C21H21ClN4O2/c22-17-12-11-16-20(25-17)19(14-7-3-1-4-8-14)23-13-18(27)26(16)21(28)24-15-9-5-2-6-10-15/h1,3-4,7-8,11-12,15H,2,5-6,9-10,13H2,(H,24,28). The predicted octanol–water partition coefficient (Wildman–Crippen LogP) is 3.96. The lowest BCUT2D eigenvalue weighted by molar-refractivity contribution is -0.116. The highest BCUT2D eigenvalue weighted by atomic mass is 35.5. The Morgan fingerprint density at radius 3 is 2.57 bits per heavy atom. The highest BCUT2D eigenvalue weighted by Gasteiger charge is 2.32. The highest BCUT2D eigenvalue weighted by Crippen LogP contribution is 2.28. The van der Waals surface area contributed by atoms with Gasteiger partial charge >= 0.3 is 6.03 Å². The molecule has 0 atom stereocenters. The second-order valence-electron chi connectivity index (χ2n) is 7.05. The van der Waals surface area contributed by atoms with Crippen LogP contribution >= 0.6 is 11.6 Å². The number of aromatic nitrogens is 1. The molecular formula is C21H21ClN4O2. The molecule has 28 heavy (non-hydrogen) atoms. The normalized spacial score (nSPS) is 17.5. The van der Waals surface area contributed by atoms with E-state index >= 15 is 0 Å². The van der Waals surface area contributed by atoms with Crippen LogP contribution in [0.4, 0.5) is 10.5 Å². The lowest BCUT2D eigenvalue weighted by Crippen LogP contribution is -2.49. The molecule has 0 spiro atoms. The van der Waals surface area contributed by atoms with E-state index in [2.05, 4.69) is 15.3 Å². The van der Waals surface area contributed by atoms with Gasteiger partial charge in [-0.3, -0.25) is 9.79 Å². The van der Waals surface area contributed by atoms with Gasteiger partial charge in [-0.2, -0.15) is 0 Å². The average Bonchev–Trinajstić information content (AvgIpc) is 2.85. The molecule has 0 radical (unpaired) electrons. The number of urea groups is 1. The van der Waals surface area contributed by atoms with Crippen molar-refractivity contribution in [2.24, 2.45) is 4.99 Å². The molecule has 1 saturated carbocycles. The van der Waals surface area contributed by atoms with E-state index in [1.807, 2.05) is 30.3 Å². The van der Waals surface area contributed by atoms with Crippen molar-refractivity contribution >= 4 is 34.9 Å². The van der Waals surface area contributed by atoms with E-state index in [9.17, 15) is 9.59 Å². The van der Waals surface area contributed by atoms with E-state index in [4.69, 9.17) is 11.6 Å². The Hall–Kier alpha value is -2.73. The zero-order valence-electron chi connectivity index (χ0n) is 15.4. The van der Waals surface area contributed by atoms with Gasteiger partial charge in [0, 0.05) is 11.6 Å². The van der Waals surface area contributed by atoms with Crippen LogP contribution < -0.4 is 10.2 Å². The molecule has 1 aromatic heterocycles.